The van der Waals surface area contributed by atoms with E-state index >= 15 is 0 Å². The monoisotopic (exact) mass is 417 g/mol. The van der Waals surface area contributed by atoms with Crippen LogP contribution in [0.15, 0.2) is 65.1 Å². The first-order valence-corrected chi connectivity index (χ1v) is 9.72. The topological polar surface area (TPSA) is 63.5 Å². The van der Waals surface area contributed by atoms with Crippen LogP contribution in [0.3, 0.4) is 0 Å². The Balaban J connectivity index is 1.73. The van der Waals surface area contributed by atoms with Crippen LogP contribution < -0.4 is 10.1 Å². The molecule has 0 spiro atoms. The van der Waals surface area contributed by atoms with Crippen molar-refractivity contribution in [1.29, 1.82) is 0 Å². The number of benzene rings is 2. The van der Waals surface area contributed by atoms with Crippen molar-refractivity contribution in [3.05, 3.63) is 86.9 Å². The molecule has 3 rings (SSSR count). The Morgan fingerprint density at radius 1 is 1.25 bits per heavy atom. The van der Waals surface area contributed by atoms with E-state index in [4.69, 9.17) is 11.6 Å². The average molecular weight is 418 g/mol. The van der Waals surface area contributed by atoms with Gasteiger partial charge in [0.1, 0.15) is 11.9 Å². The van der Waals surface area contributed by atoms with Gasteiger partial charge in [-0.1, -0.05) is 29.8 Å². The summed E-state index contributed by atoms with van der Waals surface area (Å²) in [5.74, 6) is -0.995. The molecule has 1 N–H and O–H groups in total. The van der Waals surface area contributed by atoms with E-state index in [1.807, 2.05) is 0 Å². The average Bonchev–Trinajstić information content (AvgIpc) is 3.14. The number of amides is 2. The highest BCUT2D eigenvalue weighted by Gasteiger charge is 2.16. The van der Waals surface area contributed by atoms with Crippen molar-refractivity contribution in [3.8, 4) is 0 Å². The summed E-state index contributed by atoms with van der Waals surface area (Å²) in [6.45, 7) is 2.00. The maximum absolute atomic E-state index is 13.0. The number of carbonyl (C=O) groups excluding carboxylic acids is 2. The first-order valence-electron chi connectivity index (χ1n) is 8.46. The van der Waals surface area contributed by atoms with Gasteiger partial charge in [-0.3, -0.25) is 9.59 Å². The molecular formula is C20H17ClFN3O2S. The van der Waals surface area contributed by atoms with Gasteiger partial charge in [0.25, 0.3) is 5.91 Å². The molecule has 5 nitrogen and oxygen atoms in total. The lowest BCUT2D eigenvalue weighted by Crippen LogP contribution is -2.34. The van der Waals surface area contributed by atoms with Gasteiger partial charge in [0.05, 0.1) is 0 Å². The van der Waals surface area contributed by atoms with Crippen molar-refractivity contribution in [2.45, 2.75) is 19.5 Å². The molecule has 0 aliphatic carbocycles. The molecule has 0 saturated carbocycles. The normalized spacial score (nSPS) is 12.6. The van der Waals surface area contributed by atoms with Crippen LogP contribution in [-0.2, 0) is 11.3 Å². The molecule has 2 aromatic carbocycles. The first-order chi connectivity index (χ1) is 13.4. The molecule has 1 heterocycles. The number of hydrogen-bond acceptors (Lipinski definition) is 3. The zero-order chi connectivity index (χ0) is 20.1. The van der Waals surface area contributed by atoms with Gasteiger partial charge in [0, 0.05) is 28.7 Å². The molecule has 1 aromatic heterocycles. The minimum Gasteiger partial charge on any atom is -0.350 e. The molecule has 0 saturated heterocycles. The van der Waals surface area contributed by atoms with E-state index in [1.54, 1.807) is 59.5 Å². The molecular weight excluding hydrogens is 401 g/mol. The molecule has 1 atom stereocenters. The first kappa shape index (κ1) is 20.0. The molecule has 0 bridgehead atoms. The summed E-state index contributed by atoms with van der Waals surface area (Å²) >= 11 is 7.18. The van der Waals surface area contributed by atoms with Crippen molar-refractivity contribution < 1.29 is 14.0 Å². The van der Waals surface area contributed by atoms with Gasteiger partial charge in [-0.2, -0.15) is 4.99 Å². The standard InChI is InChI=1S/C20H17ClFN3O2S/c1-13(18(26)23-12-14-5-7-17(22)8-6-14)25-9-10-28-20(25)24-19(27)15-3-2-4-16(21)11-15/h2-11,13H,12H2,1H3,(H,23,26)/t13-/m1/s1. The van der Waals surface area contributed by atoms with Crippen LogP contribution >= 0.6 is 22.9 Å². The molecule has 144 valence electrons. The highest BCUT2D eigenvalue weighted by molar-refractivity contribution is 7.07. The van der Waals surface area contributed by atoms with E-state index in [-0.39, 0.29) is 18.3 Å². The third-order valence-electron chi connectivity index (χ3n) is 4.06. The lowest BCUT2D eigenvalue weighted by molar-refractivity contribution is -0.124. The summed E-state index contributed by atoms with van der Waals surface area (Å²) in [5.41, 5.74) is 1.17. The second kappa shape index (κ2) is 8.95. The van der Waals surface area contributed by atoms with E-state index in [1.165, 1.54) is 23.5 Å². The van der Waals surface area contributed by atoms with E-state index in [2.05, 4.69) is 10.3 Å². The van der Waals surface area contributed by atoms with Crippen LogP contribution in [0, 0.1) is 5.82 Å². The highest BCUT2D eigenvalue weighted by Crippen LogP contribution is 2.12. The predicted molar refractivity (Wildman–Crippen MR) is 107 cm³/mol. The Labute approximate surface area is 170 Å². The molecule has 8 heteroatoms. The molecule has 0 fully saturated rings. The largest absolute Gasteiger partial charge is 0.350 e. The molecule has 0 unspecified atom stereocenters. The fourth-order valence-electron chi connectivity index (χ4n) is 2.50. The van der Waals surface area contributed by atoms with Crippen molar-refractivity contribution in [1.82, 2.24) is 9.88 Å². The summed E-state index contributed by atoms with van der Waals surface area (Å²) in [4.78, 5) is 29.4. The maximum Gasteiger partial charge on any atom is 0.279 e. The van der Waals surface area contributed by atoms with Crippen molar-refractivity contribution in [3.63, 3.8) is 0 Å². The van der Waals surface area contributed by atoms with Gasteiger partial charge in [-0.15, -0.1) is 11.3 Å². The third kappa shape index (κ3) is 4.94. The molecule has 0 aliphatic rings. The van der Waals surface area contributed by atoms with Gasteiger partial charge in [0.2, 0.25) is 5.91 Å². The van der Waals surface area contributed by atoms with Gasteiger partial charge in [-0.25, -0.2) is 4.39 Å². The minimum atomic E-state index is -0.572. The van der Waals surface area contributed by atoms with E-state index in [0.29, 0.717) is 15.4 Å². The zero-order valence-corrected chi connectivity index (χ0v) is 16.5. The Morgan fingerprint density at radius 2 is 2.00 bits per heavy atom. The minimum absolute atomic E-state index is 0.237. The summed E-state index contributed by atoms with van der Waals surface area (Å²) in [5, 5.41) is 5.01. The number of thiazole rings is 1. The molecule has 0 aliphatic heterocycles. The molecule has 3 aromatic rings. The van der Waals surface area contributed by atoms with Crippen molar-refractivity contribution in [2.24, 2.45) is 4.99 Å². The number of rotatable bonds is 5. The fraction of sp³-hybridized carbons (Fsp3) is 0.150. The quantitative estimate of drug-likeness (QED) is 0.683. The van der Waals surface area contributed by atoms with Crippen molar-refractivity contribution in [2.75, 3.05) is 0 Å². The number of hydrogen-bond donors (Lipinski definition) is 1. The van der Waals surface area contributed by atoms with Gasteiger partial charge in [0.15, 0.2) is 4.80 Å². The summed E-state index contributed by atoms with van der Waals surface area (Å²) < 4.78 is 14.6. The SMILES string of the molecule is C[C@H](C(=O)NCc1ccc(F)cc1)n1ccsc1=NC(=O)c1cccc(Cl)c1. The molecule has 0 radical (unpaired) electrons. The third-order valence-corrected chi connectivity index (χ3v) is 5.07. The zero-order valence-electron chi connectivity index (χ0n) is 14.9. The second-order valence-electron chi connectivity index (χ2n) is 6.04. The van der Waals surface area contributed by atoms with Crippen LogP contribution in [0.2, 0.25) is 5.02 Å². The Morgan fingerprint density at radius 3 is 2.71 bits per heavy atom. The number of nitrogens with one attached hydrogen (secondary N) is 1. The van der Waals surface area contributed by atoms with Gasteiger partial charge in [-0.05, 0) is 42.8 Å². The maximum atomic E-state index is 13.0. The Bertz CT molecular complexity index is 1060. The van der Waals surface area contributed by atoms with Gasteiger partial charge < -0.3 is 9.88 Å². The highest BCUT2D eigenvalue weighted by atomic mass is 35.5. The second-order valence-corrected chi connectivity index (χ2v) is 7.35. The predicted octanol–water partition coefficient (Wildman–Crippen LogP) is 3.96. The smallest absolute Gasteiger partial charge is 0.279 e. The van der Waals surface area contributed by atoms with E-state index in [9.17, 15) is 14.0 Å². The van der Waals surface area contributed by atoms with E-state index < -0.39 is 11.9 Å². The fourth-order valence-corrected chi connectivity index (χ4v) is 3.48. The molecule has 28 heavy (non-hydrogen) atoms. The number of aromatic nitrogens is 1. The van der Waals surface area contributed by atoms with Crippen molar-refractivity contribution >= 4 is 34.8 Å². The summed E-state index contributed by atoms with van der Waals surface area (Å²) in [6, 6.07) is 11.9. The Hall–Kier alpha value is -2.77. The lowest BCUT2D eigenvalue weighted by atomic mass is 10.2. The van der Waals surface area contributed by atoms with Crippen LogP contribution in [0.25, 0.3) is 0 Å². The van der Waals surface area contributed by atoms with Crippen LogP contribution in [0.4, 0.5) is 4.39 Å². The summed E-state index contributed by atoms with van der Waals surface area (Å²) in [7, 11) is 0. The van der Waals surface area contributed by atoms with E-state index in [0.717, 1.165) is 5.56 Å². The van der Waals surface area contributed by atoms with Crippen LogP contribution in [0.5, 0.6) is 0 Å². The van der Waals surface area contributed by atoms with Crippen LogP contribution in [-0.4, -0.2) is 16.4 Å². The van der Waals surface area contributed by atoms with Crippen LogP contribution in [0.1, 0.15) is 28.9 Å². The van der Waals surface area contributed by atoms with Gasteiger partial charge >= 0.3 is 0 Å². The Kier molecular flexibility index (Phi) is 6.38. The molecule has 2 amide bonds. The summed E-state index contributed by atoms with van der Waals surface area (Å²) in [6.07, 6.45) is 1.71. The number of carbonyl (C=O) groups is 2. The lowest BCUT2D eigenvalue weighted by Gasteiger charge is -2.14. The number of nitrogens with zero attached hydrogens (tertiary/aromatic N) is 2. The number of halogens is 2.